The predicted molar refractivity (Wildman–Crippen MR) is 77.9 cm³/mol. The Hall–Kier alpha value is -0.430. The summed E-state index contributed by atoms with van der Waals surface area (Å²) in [5, 5.41) is 0.842. The molecule has 0 aliphatic carbocycles. The molecule has 0 bridgehead atoms. The van der Waals surface area contributed by atoms with E-state index in [9.17, 15) is 0 Å². The summed E-state index contributed by atoms with van der Waals surface area (Å²) in [5.41, 5.74) is 0.733. The highest BCUT2D eigenvalue weighted by Gasteiger charge is 2.22. The molecule has 0 N–H and O–H groups in total. The van der Waals surface area contributed by atoms with Gasteiger partial charge in [-0.1, -0.05) is 27.5 Å². The van der Waals surface area contributed by atoms with E-state index in [0.29, 0.717) is 13.2 Å². The highest BCUT2D eigenvalue weighted by Crippen LogP contribution is 2.33. The second-order valence-corrected chi connectivity index (χ2v) is 6.17. The number of morpholine rings is 1. The Bertz CT molecular complexity index is 564. The number of hydrogen-bond acceptors (Lipinski definition) is 5. The molecule has 4 nitrogen and oxygen atoms in total. The predicted octanol–water partition coefficient (Wildman–Crippen LogP) is 2.99. The maximum Gasteiger partial charge on any atom is 0.150 e. The second-order valence-electron chi connectivity index (χ2n) is 3.98. The van der Waals surface area contributed by atoms with Crippen molar-refractivity contribution in [1.82, 2.24) is 9.97 Å². The normalized spacial score (nSPS) is 20.6. The highest BCUT2D eigenvalue weighted by molar-refractivity contribution is 9.08. The second kappa shape index (κ2) is 5.28. The van der Waals surface area contributed by atoms with Gasteiger partial charge in [-0.25, -0.2) is 9.97 Å². The summed E-state index contributed by atoms with van der Waals surface area (Å²) < 4.78 is 6.47. The molecule has 7 heteroatoms. The highest BCUT2D eigenvalue weighted by atomic mass is 79.9. The van der Waals surface area contributed by atoms with Gasteiger partial charge in [-0.05, 0) is 6.07 Å². The number of anilines is 1. The SMILES string of the molecule is ClC1CN(c2ncnc3cc(CBr)sc23)CCO1. The third-order valence-electron chi connectivity index (χ3n) is 2.80. The molecule has 3 rings (SSSR count). The summed E-state index contributed by atoms with van der Waals surface area (Å²) in [5.74, 6) is 0.964. The van der Waals surface area contributed by atoms with Gasteiger partial charge in [0.15, 0.2) is 0 Å². The minimum absolute atomic E-state index is 0.264. The smallest absolute Gasteiger partial charge is 0.150 e. The van der Waals surface area contributed by atoms with Crippen molar-refractivity contribution in [3.05, 3.63) is 17.3 Å². The summed E-state index contributed by atoms with van der Waals surface area (Å²) in [7, 11) is 0. The molecule has 2 aromatic rings. The van der Waals surface area contributed by atoms with Gasteiger partial charge < -0.3 is 9.64 Å². The van der Waals surface area contributed by atoms with Crippen LogP contribution in [0.1, 0.15) is 4.88 Å². The van der Waals surface area contributed by atoms with Gasteiger partial charge >= 0.3 is 0 Å². The van der Waals surface area contributed by atoms with Gasteiger partial charge in [-0.2, -0.15) is 0 Å². The number of nitrogens with zero attached hydrogens (tertiary/aromatic N) is 3. The molecule has 0 saturated carbocycles. The van der Waals surface area contributed by atoms with Crippen molar-refractivity contribution in [3.8, 4) is 0 Å². The fourth-order valence-electron chi connectivity index (χ4n) is 1.98. The molecule has 1 aliphatic rings. The fraction of sp³-hybridized carbons (Fsp3) is 0.455. The first-order chi connectivity index (χ1) is 8.78. The van der Waals surface area contributed by atoms with E-state index in [0.717, 1.165) is 27.9 Å². The number of alkyl halides is 2. The zero-order valence-corrected chi connectivity index (χ0v) is 12.6. The Balaban J connectivity index is 2.02. The first-order valence-corrected chi connectivity index (χ1v) is 7.95. The van der Waals surface area contributed by atoms with Crippen molar-refractivity contribution in [2.45, 2.75) is 10.9 Å². The van der Waals surface area contributed by atoms with Crippen molar-refractivity contribution in [1.29, 1.82) is 0 Å². The van der Waals surface area contributed by atoms with Crippen LogP contribution in [-0.2, 0) is 10.1 Å². The van der Waals surface area contributed by atoms with Crippen LogP contribution in [0.2, 0.25) is 0 Å². The lowest BCUT2D eigenvalue weighted by Crippen LogP contribution is -2.40. The lowest BCUT2D eigenvalue weighted by Gasteiger charge is -2.30. The number of hydrogen-bond donors (Lipinski definition) is 0. The topological polar surface area (TPSA) is 38.2 Å². The minimum atomic E-state index is -0.264. The average molecular weight is 349 g/mol. The van der Waals surface area contributed by atoms with Gasteiger partial charge in [0.25, 0.3) is 0 Å². The van der Waals surface area contributed by atoms with Crippen LogP contribution >= 0.6 is 38.9 Å². The molecule has 1 atom stereocenters. The van der Waals surface area contributed by atoms with Crippen molar-refractivity contribution in [3.63, 3.8) is 0 Å². The van der Waals surface area contributed by atoms with Crippen LogP contribution in [0.4, 0.5) is 5.82 Å². The first-order valence-electron chi connectivity index (χ1n) is 5.58. The van der Waals surface area contributed by atoms with Gasteiger partial charge in [0.2, 0.25) is 0 Å². The number of thiophene rings is 1. The summed E-state index contributed by atoms with van der Waals surface area (Å²) >= 11 is 11.2. The molecule has 1 unspecified atom stereocenters. The average Bonchev–Trinajstić information content (AvgIpc) is 2.81. The van der Waals surface area contributed by atoms with Crippen molar-refractivity contribution >= 4 is 54.9 Å². The maximum atomic E-state index is 6.03. The summed E-state index contributed by atoms with van der Waals surface area (Å²) in [6, 6.07) is 2.10. The van der Waals surface area contributed by atoms with Crippen LogP contribution in [0.25, 0.3) is 10.2 Å². The minimum Gasteiger partial charge on any atom is -0.359 e. The molecule has 0 amide bonds. The Morgan fingerprint density at radius 1 is 1.56 bits per heavy atom. The van der Waals surface area contributed by atoms with E-state index in [2.05, 4.69) is 36.9 Å². The van der Waals surface area contributed by atoms with Gasteiger partial charge in [0, 0.05) is 16.8 Å². The number of rotatable bonds is 2. The van der Waals surface area contributed by atoms with Gasteiger partial charge in [-0.3, -0.25) is 0 Å². The van der Waals surface area contributed by atoms with E-state index in [1.54, 1.807) is 17.7 Å². The van der Waals surface area contributed by atoms with Gasteiger partial charge in [0.05, 0.1) is 23.4 Å². The van der Waals surface area contributed by atoms with Crippen LogP contribution in [0.5, 0.6) is 0 Å². The largest absolute Gasteiger partial charge is 0.359 e. The summed E-state index contributed by atoms with van der Waals surface area (Å²) in [6.07, 6.45) is 1.61. The molecular weight excluding hydrogens is 338 g/mol. The molecule has 96 valence electrons. The number of fused-ring (bicyclic) bond motifs is 1. The van der Waals surface area contributed by atoms with Crippen LogP contribution in [0.15, 0.2) is 12.4 Å². The third-order valence-corrected chi connectivity index (χ3v) is 5.16. The molecule has 1 fully saturated rings. The monoisotopic (exact) mass is 347 g/mol. The Morgan fingerprint density at radius 2 is 2.44 bits per heavy atom. The first kappa shape index (κ1) is 12.6. The number of halogens is 2. The van der Waals surface area contributed by atoms with Crippen LogP contribution in [-0.4, -0.2) is 35.2 Å². The van der Waals surface area contributed by atoms with E-state index >= 15 is 0 Å². The van der Waals surface area contributed by atoms with E-state index in [1.165, 1.54) is 4.88 Å². The number of ether oxygens (including phenoxy) is 1. The molecule has 18 heavy (non-hydrogen) atoms. The number of aromatic nitrogens is 2. The van der Waals surface area contributed by atoms with E-state index in [4.69, 9.17) is 16.3 Å². The summed E-state index contributed by atoms with van der Waals surface area (Å²) in [6.45, 7) is 2.11. The molecule has 1 saturated heterocycles. The Morgan fingerprint density at radius 3 is 3.22 bits per heavy atom. The zero-order valence-electron chi connectivity index (χ0n) is 9.47. The molecule has 0 aromatic carbocycles. The van der Waals surface area contributed by atoms with Crippen molar-refractivity contribution in [2.24, 2.45) is 0 Å². The van der Waals surface area contributed by atoms with Gasteiger partial charge in [0.1, 0.15) is 17.7 Å². The molecule has 1 aliphatic heterocycles. The van der Waals surface area contributed by atoms with Crippen LogP contribution in [0.3, 0.4) is 0 Å². The fourth-order valence-corrected chi connectivity index (χ4v) is 3.72. The lowest BCUT2D eigenvalue weighted by molar-refractivity contribution is 0.0932. The standard InChI is InChI=1S/C11H11BrClN3OS/c12-4-7-3-8-10(18-7)11(15-6-14-8)16-1-2-17-9(13)5-16/h3,6,9H,1-2,4-5H2. The van der Waals surface area contributed by atoms with Crippen molar-refractivity contribution < 1.29 is 4.74 Å². The quantitative estimate of drug-likeness (QED) is 0.782. The van der Waals surface area contributed by atoms with Crippen LogP contribution < -0.4 is 4.90 Å². The molecule has 2 aromatic heterocycles. The maximum absolute atomic E-state index is 6.03. The molecule has 0 radical (unpaired) electrons. The van der Waals surface area contributed by atoms with Crippen LogP contribution in [0, 0.1) is 0 Å². The summed E-state index contributed by atoms with van der Waals surface area (Å²) in [4.78, 5) is 12.1. The Kier molecular flexibility index (Phi) is 3.70. The molecule has 0 spiro atoms. The van der Waals surface area contributed by atoms with Gasteiger partial charge in [-0.15, -0.1) is 11.3 Å². The van der Waals surface area contributed by atoms with E-state index in [1.807, 2.05) is 0 Å². The lowest BCUT2D eigenvalue weighted by atomic mass is 10.3. The molecule has 3 heterocycles. The molecular formula is C11H11BrClN3OS. The zero-order chi connectivity index (χ0) is 12.5. The van der Waals surface area contributed by atoms with E-state index in [-0.39, 0.29) is 5.56 Å². The third kappa shape index (κ3) is 2.34. The van der Waals surface area contributed by atoms with E-state index < -0.39 is 0 Å². The Labute approximate surface area is 122 Å². The van der Waals surface area contributed by atoms with Crippen molar-refractivity contribution in [2.75, 3.05) is 24.6 Å².